The number of fused-ring (bicyclic) bond motifs is 1. The molecule has 1 amide bonds. The van der Waals surface area contributed by atoms with Crippen LogP contribution in [-0.2, 0) is 4.74 Å². The van der Waals surface area contributed by atoms with E-state index in [4.69, 9.17) is 0 Å². The Bertz CT molecular complexity index is 394. The SMILES string of the molecule is O=C1NC2C=CC([N+](=O)[O-])=CC2=CO1. The second-order valence-corrected chi connectivity index (χ2v) is 2.83. The van der Waals surface area contributed by atoms with Crippen molar-refractivity contribution in [2.75, 3.05) is 0 Å². The van der Waals surface area contributed by atoms with E-state index in [0.717, 1.165) is 0 Å². The fourth-order valence-corrected chi connectivity index (χ4v) is 1.25. The summed E-state index contributed by atoms with van der Waals surface area (Å²) in [6.07, 6.45) is 4.93. The highest BCUT2D eigenvalue weighted by molar-refractivity contribution is 5.71. The van der Waals surface area contributed by atoms with Gasteiger partial charge in [-0.1, -0.05) is 6.08 Å². The predicted octanol–water partition coefficient (Wildman–Crippen LogP) is 0.709. The van der Waals surface area contributed by atoms with Crippen LogP contribution >= 0.6 is 0 Å². The highest BCUT2D eigenvalue weighted by atomic mass is 16.6. The van der Waals surface area contributed by atoms with Gasteiger partial charge in [0, 0.05) is 17.7 Å². The molecule has 14 heavy (non-hydrogen) atoms. The summed E-state index contributed by atoms with van der Waals surface area (Å²) in [7, 11) is 0. The number of cyclic esters (lactones) is 1. The number of amides is 1. The molecule has 1 unspecified atom stereocenters. The van der Waals surface area contributed by atoms with Gasteiger partial charge in [0.15, 0.2) is 0 Å². The molecule has 2 aliphatic rings. The normalized spacial score (nSPS) is 24.0. The summed E-state index contributed by atoms with van der Waals surface area (Å²) >= 11 is 0. The minimum Gasteiger partial charge on any atom is -0.418 e. The molecule has 0 aromatic carbocycles. The van der Waals surface area contributed by atoms with Gasteiger partial charge >= 0.3 is 6.09 Å². The van der Waals surface area contributed by atoms with Crippen molar-refractivity contribution in [3.8, 4) is 0 Å². The van der Waals surface area contributed by atoms with E-state index in [0.29, 0.717) is 5.57 Å². The molecule has 1 N–H and O–H groups in total. The first-order valence-corrected chi connectivity index (χ1v) is 3.88. The quantitative estimate of drug-likeness (QED) is 0.492. The van der Waals surface area contributed by atoms with Crippen molar-refractivity contribution in [3.05, 3.63) is 45.9 Å². The van der Waals surface area contributed by atoms with Crippen LogP contribution in [0.4, 0.5) is 4.79 Å². The lowest BCUT2D eigenvalue weighted by Gasteiger charge is -2.21. The molecule has 6 nitrogen and oxygen atoms in total. The summed E-state index contributed by atoms with van der Waals surface area (Å²) in [5.74, 6) is 0. The number of nitrogens with one attached hydrogen (secondary N) is 1. The highest BCUT2D eigenvalue weighted by Gasteiger charge is 2.25. The molecule has 6 heteroatoms. The number of rotatable bonds is 1. The Kier molecular flexibility index (Phi) is 1.81. The Labute approximate surface area is 78.7 Å². The molecule has 0 fully saturated rings. The first-order chi connectivity index (χ1) is 6.66. The molecule has 0 saturated heterocycles. The average molecular weight is 194 g/mol. The molecular weight excluding hydrogens is 188 g/mol. The van der Waals surface area contributed by atoms with E-state index in [1.54, 1.807) is 6.08 Å². The van der Waals surface area contributed by atoms with Crippen molar-refractivity contribution in [1.82, 2.24) is 5.32 Å². The lowest BCUT2D eigenvalue weighted by atomic mass is 10.0. The molecule has 0 aromatic heterocycles. The molecule has 1 aliphatic heterocycles. The maximum atomic E-state index is 10.8. The van der Waals surface area contributed by atoms with Gasteiger partial charge in [-0.2, -0.15) is 0 Å². The summed E-state index contributed by atoms with van der Waals surface area (Å²) in [6, 6.07) is -0.319. The van der Waals surface area contributed by atoms with Crippen molar-refractivity contribution in [1.29, 1.82) is 0 Å². The first-order valence-electron chi connectivity index (χ1n) is 3.88. The van der Waals surface area contributed by atoms with Crippen molar-refractivity contribution in [2.24, 2.45) is 0 Å². The van der Waals surface area contributed by atoms with Gasteiger partial charge in [0.05, 0.1) is 11.0 Å². The van der Waals surface area contributed by atoms with Crippen LogP contribution in [0.2, 0.25) is 0 Å². The third-order valence-corrected chi connectivity index (χ3v) is 1.92. The van der Waals surface area contributed by atoms with Gasteiger partial charge in [0.2, 0.25) is 0 Å². The maximum absolute atomic E-state index is 10.8. The molecule has 0 bridgehead atoms. The van der Waals surface area contributed by atoms with Gasteiger partial charge < -0.3 is 10.1 Å². The summed E-state index contributed by atoms with van der Waals surface area (Å²) in [4.78, 5) is 20.7. The number of nitrogens with zero attached hydrogens (tertiary/aromatic N) is 1. The molecule has 0 radical (unpaired) electrons. The first kappa shape index (κ1) is 8.49. The van der Waals surface area contributed by atoms with Crippen LogP contribution in [0, 0.1) is 10.1 Å². The average Bonchev–Trinajstić information content (AvgIpc) is 2.16. The molecule has 0 aromatic rings. The number of carbonyl (C=O) groups excluding carboxylic acids is 1. The fraction of sp³-hybridized carbons (Fsp3) is 0.125. The zero-order valence-electron chi connectivity index (χ0n) is 6.97. The molecule has 1 atom stereocenters. The number of alkyl carbamates (subject to hydrolysis) is 1. The van der Waals surface area contributed by atoms with Crippen molar-refractivity contribution in [2.45, 2.75) is 6.04 Å². The van der Waals surface area contributed by atoms with Crippen molar-refractivity contribution < 1.29 is 14.5 Å². The van der Waals surface area contributed by atoms with E-state index < -0.39 is 11.0 Å². The zero-order valence-corrected chi connectivity index (χ0v) is 6.97. The lowest BCUT2D eigenvalue weighted by Crippen LogP contribution is -2.38. The standard InChI is InChI=1S/C8H6N2O4/c11-8-9-7-2-1-6(10(12)13)3-5(7)4-14-8/h1-4,7H,(H,9,11). The molecule has 0 saturated carbocycles. The minimum atomic E-state index is -0.554. The summed E-state index contributed by atoms with van der Waals surface area (Å²) < 4.78 is 4.56. The monoisotopic (exact) mass is 194 g/mol. The van der Waals surface area contributed by atoms with E-state index in [9.17, 15) is 14.9 Å². The summed E-state index contributed by atoms with van der Waals surface area (Å²) in [6.45, 7) is 0. The molecule has 1 heterocycles. The van der Waals surface area contributed by atoms with Gasteiger partial charge in [-0.05, 0) is 0 Å². The van der Waals surface area contributed by atoms with Gasteiger partial charge in [0.25, 0.3) is 5.70 Å². The Morgan fingerprint density at radius 2 is 2.36 bits per heavy atom. The van der Waals surface area contributed by atoms with Crippen LogP contribution in [0.1, 0.15) is 0 Å². The van der Waals surface area contributed by atoms with E-state index in [1.165, 1.54) is 18.4 Å². The number of nitro groups is 1. The van der Waals surface area contributed by atoms with Crippen molar-refractivity contribution in [3.63, 3.8) is 0 Å². The molecular formula is C8H6N2O4. The van der Waals surface area contributed by atoms with Crippen LogP contribution in [0.25, 0.3) is 0 Å². The third kappa shape index (κ3) is 1.37. The summed E-state index contributed by atoms with van der Waals surface area (Å²) in [5, 5.41) is 12.9. The maximum Gasteiger partial charge on any atom is 0.412 e. The minimum absolute atomic E-state index is 0.0211. The van der Waals surface area contributed by atoms with E-state index in [1.807, 2.05) is 0 Å². The highest BCUT2D eigenvalue weighted by Crippen LogP contribution is 2.19. The fourth-order valence-electron chi connectivity index (χ4n) is 1.25. The van der Waals surface area contributed by atoms with Crippen LogP contribution in [0.15, 0.2) is 35.8 Å². The Hall–Kier alpha value is -2.11. The smallest absolute Gasteiger partial charge is 0.412 e. The molecule has 1 aliphatic carbocycles. The van der Waals surface area contributed by atoms with Gasteiger partial charge in [-0.15, -0.1) is 0 Å². The van der Waals surface area contributed by atoms with E-state index >= 15 is 0 Å². The summed E-state index contributed by atoms with van der Waals surface area (Å²) in [5.41, 5.74) is 0.547. The zero-order chi connectivity index (χ0) is 10.1. The number of hydrogen-bond donors (Lipinski definition) is 1. The molecule has 2 rings (SSSR count). The second-order valence-electron chi connectivity index (χ2n) is 2.83. The van der Waals surface area contributed by atoms with Crippen LogP contribution in [-0.4, -0.2) is 17.1 Å². The van der Waals surface area contributed by atoms with Crippen LogP contribution < -0.4 is 5.32 Å². The number of hydrogen-bond acceptors (Lipinski definition) is 4. The van der Waals surface area contributed by atoms with Gasteiger partial charge in [0.1, 0.15) is 6.26 Å². The van der Waals surface area contributed by atoms with E-state index in [2.05, 4.69) is 10.1 Å². The predicted molar refractivity (Wildman–Crippen MR) is 45.7 cm³/mol. The number of allylic oxidation sites excluding steroid dienone is 1. The van der Waals surface area contributed by atoms with Crippen molar-refractivity contribution >= 4 is 6.09 Å². The number of ether oxygens (including phenoxy) is 1. The lowest BCUT2D eigenvalue weighted by molar-refractivity contribution is -0.419. The second kappa shape index (κ2) is 2.99. The Morgan fingerprint density at radius 3 is 3.07 bits per heavy atom. The third-order valence-electron chi connectivity index (χ3n) is 1.92. The van der Waals surface area contributed by atoms with Crippen LogP contribution in [0.3, 0.4) is 0 Å². The topological polar surface area (TPSA) is 81.5 Å². The van der Waals surface area contributed by atoms with Gasteiger partial charge in [-0.3, -0.25) is 10.1 Å². The molecule has 0 spiro atoms. The van der Waals surface area contributed by atoms with Crippen LogP contribution in [0.5, 0.6) is 0 Å². The van der Waals surface area contributed by atoms with E-state index in [-0.39, 0.29) is 11.7 Å². The molecule has 72 valence electrons. The Balaban J connectivity index is 2.31. The Morgan fingerprint density at radius 1 is 1.57 bits per heavy atom. The largest absolute Gasteiger partial charge is 0.418 e. The number of carbonyl (C=O) groups is 1. The van der Waals surface area contributed by atoms with Gasteiger partial charge in [-0.25, -0.2) is 4.79 Å².